The maximum atomic E-state index is 12.5. The number of benzene rings is 1. The minimum atomic E-state index is -0.343. The minimum Gasteiger partial charge on any atom is -0.439 e. The van der Waals surface area contributed by atoms with Crippen molar-refractivity contribution in [3.05, 3.63) is 47.6 Å². The largest absolute Gasteiger partial charge is 0.439 e. The number of halogens is 1. The highest BCUT2D eigenvalue weighted by molar-refractivity contribution is 7.99. The summed E-state index contributed by atoms with van der Waals surface area (Å²) in [6.45, 7) is 3.47. The Hall–Kier alpha value is -2.85. The number of hydrogen-bond acceptors (Lipinski definition) is 8. The van der Waals surface area contributed by atoms with Crippen LogP contribution < -0.4 is 9.47 Å². The zero-order valence-corrected chi connectivity index (χ0v) is 18.3. The molecule has 1 aliphatic rings. The van der Waals surface area contributed by atoms with E-state index in [1.54, 1.807) is 53.1 Å². The first kappa shape index (κ1) is 21.4. The van der Waals surface area contributed by atoms with Crippen LogP contribution in [-0.2, 0) is 0 Å². The number of thioether (sulfide) groups is 1. The van der Waals surface area contributed by atoms with Gasteiger partial charge in [-0.15, -0.1) is 10.2 Å². The van der Waals surface area contributed by atoms with Crippen molar-refractivity contribution in [2.45, 2.75) is 30.2 Å². The fourth-order valence-electron chi connectivity index (χ4n) is 3.30. The molecule has 3 heterocycles. The molecule has 4 rings (SSSR count). The maximum absolute atomic E-state index is 12.5. The number of rotatable bonds is 6. The van der Waals surface area contributed by atoms with Crippen molar-refractivity contribution in [3.8, 4) is 17.4 Å². The molecule has 31 heavy (non-hydrogen) atoms. The Morgan fingerprint density at radius 1 is 1.19 bits per heavy atom. The van der Waals surface area contributed by atoms with Gasteiger partial charge in [-0.2, -0.15) is 5.21 Å². The molecule has 3 aromatic rings. The van der Waals surface area contributed by atoms with Gasteiger partial charge in [0.1, 0.15) is 11.5 Å². The number of hydrogen-bond donors (Lipinski definition) is 1. The molecular formula is C20H21ClN6O3S. The van der Waals surface area contributed by atoms with E-state index in [1.807, 2.05) is 0 Å². The molecule has 1 amide bonds. The molecule has 1 aromatic carbocycles. The fourth-order valence-corrected chi connectivity index (χ4v) is 4.39. The van der Waals surface area contributed by atoms with Crippen molar-refractivity contribution in [1.29, 1.82) is 0 Å². The number of likely N-dealkylation sites (tertiary alicyclic amines) is 1. The average molecular weight is 461 g/mol. The van der Waals surface area contributed by atoms with E-state index in [0.29, 0.717) is 51.8 Å². The highest BCUT2D eigenvalue weighted by Gasteiger charge is 2.28. The predicted octanol–water partition coefficient (Wildman–Crippen LogP) is 4.43. The van der Waals surface area contributed by atoms with Crippen LogP contribution in [-0.4, -0.2) is 54.9 Å². The molecule has 1 saturated heterocycles. The van der Waals surface area contributed by atoms with Crippen molar-refractivity contribution in [3.63, 3.8) is 0 Å². The van der Waals surface area contributed by atoms with Gasteiger partial charge in [0.2, 0.25) is 11.0 Å². The van der Waals surface area contributed by atoms with Crippen LogP contribution in [0.3, 0.4) is 0 Å². The fraction of sp³-hybridized carbons (Fsp3) is 0.350. The molecule has 1 unspecified atom stereocenters. The summed E-state index contributed by atoms with van der Waals surface area (Å²) in [6, 6.07) is 10.2. The first-order valence-electron chi connectivity index (χ1n) is 9.83. The van der Waals surface area contributed by atoms with Crippen LogP contribution in [0.15, 0.2) is 47.8 Å². The number of nitrogens with zero attached hydrogens (tertiary/aromatic N) is 5. The van der Waals surface area contributed by atoms with Crippen molar-refractivity contribution >= 4 is 29.5 Å². The molecule has 0 saturated carbocycles. The summed E-state index contributed by atoms with van der Waals surface area (Å²) in [5, 5.41) is 15.6. The molecule has 0 bridgehead atoms. The summed E-state index contributed by atoms with van der Waals surface area (Å²) in [6.07, 6.45) is 2.98. The van der Waals surface area contributed by atoms with Crippen LogP contribution in [0.1, 0.15) is 19.8 Å². The summed E-state index contributed by atoms with van der Waals surface area (Å²) < 4.78 is 11.2. The van der Waals surface area contributed by atoms with Gasteiger partial charge in [-0.25, -0.2) is 9.78 Å². The molecule has 1 N–H and O–H groups in total. The number of carbonyl (C=O) groups is 1. The van der Waals surface area contributed by atoms with E-state index in [1.165, 1.54) is 6.20 Å². The molecule has 162 valence electrons. The summed E-state index contributed by atoms with van der Waals surface area (Å²) >= 11 is 7.42. The van der Waals surface area contributed by atoms with Crippen LogP contribution in [0.2, 0.25) is 5.02 Å². The molecule has 1 atom stereocenters. The smallest absolute Gasteiger partial charge is 0.415 e. The monoisotopic (exact) mass is 460 g/mol. The molecule has 2 aromatic heterocycles. The van der Waals surface area contributed by atoms with E-state index in [-0.39, 0.29) is 6.09 Å². The zero-order chi connectivity index (χ0) is 21.6. The van der Waals surface area contributed by atoms with E-state index in [0.717, 1.165) is 12.8 Å². The molecule has 0 spiro atoms. The number of tetrazole rings is 1. The molecule has 0 radical (unpaired) electrons. The van der Waals surface area contributed by atoms with Gasteiger partial charge in [-0.1, -0.05) is 30.3 Å². The Balaban J connectivity index is 1.24. The minimum absolute atomic E-state index is 0.343. The number of aromatic amines is 1. The molecule has 11 heteroatoms. The van der Waals surface area contributed by atoms with E-state index in [2.05, 4.69) is 32.5 Å². The highest BCUT2D eigenvalue weighted by Crippen LogP contribution is 2.31. The van der Waals surface area contributed by atoms with E-state index < -0.39 is 0 Å². The number of amides is 1. The van der Waals surface area contributed by atoms with Crippen molar-refractivity contribution in [1.82, 2.24) is 30.5 Å². The van der Waals surface area contributed by atoms with Gasteiger partial charge in [0.15, 0.2) is 0 Å². The van der Waals surface area contributed by atoms with Gasteiger partial charge < -0.3 is 14.4 Å². The number of H-pyrrole nitrogens is 1. The molecule has 9 nitrogen and oxygen atoms in total. The van der Waals surface area contributed by atoms with E-state index >= 15 is 0 Å². The van der Waals surface area contributed by atoms with E-state index in [9.17, 15) is 4.79 Å². The number of ether oxygens (including phenoxy) is 2. The second kappa shape index (κ2) is 9.97. The van der Waals surface area contributed by atoms with Crippen molar-refractivity contribution in [2.75, 3.05) is 13.1 Å². The summed E-state index contributed by atoms with van der Waals surface area (Å²) in [7, 11) is 0. The number of piperidine rings is 1. The molecule has 1 aliphatic heterocycles. The third kappa shape index (κ3) is 5.86. The standard InChI is InChI=1S/C20H21ClN6O3S/c1-13(31-19-23-25-26-24-19)14-8-10-27(11-9-14)20(28)30-17-5-3-16(4-6-17)29-18-7-2-15(21)12-22-18/h2-7,12-14H,8-11H2,1H3,(H,23,24,25,26). The van der Waals surface area contributed by atoms with Crippen molar-refractivity contribution < 1.29 is 14.3 Å². The number of aromatic nitrogens is 5. The normalized spacial score (nSPS) is 15.5. The van der Waals surface area contributed by atoms with Crippen LogP contribution in [0.4, 0.5) is 4.79 Å². The molecule has 0 aliphatic carbocycles. The predicted molar refractivity (Wildman–Crippen MR) is 116 cm³/mol. The third-order valence-electron chi connectivity index (χ3n) is 5.03. The van der Waals surface area contributed by atoms with Crippen LogP contribution in [0.5, 0.6) is 17.4 Å². The van der Waals surface area contributed by atoms with Gasteiger partial charge >= 0.3 is 6.09 Å². The second-order valence-electron chi connectivity index (χ2n) is 7.10. The first-order chi connectivity index (χ1) is 15.1. The third-order valence-corrected chi connectivity index (χ3v) is 6.39. The van der Waals surface area contributed by atoms with Gasteiger partial charge in [0.25, 0.3) is 0 Å². The topological polar surface area (TPSA) is 106 Å². The van der Waals surface area contributed by atoms with Crippen LogP contribution in [0, 0.1) is 5.92 Å². The van der Waals surface area contributed by atoms with Gasteiger partial charge in [0, 0.05) is 30.6 Å². The lowest BCUT2D eigenvalue weighted by Crippen LogP contribution is -2.41. The van der Waals surface area contributed by atoms with Gasteiger partial charge in [-0.05, 0) is 54.3 Å². The SMILES string of the molecule is CC(Sc1nn[nH]n1)C1CCN(C(=O)Oc2ccc(Oc3ccc(Cl)cn3)cc2)CC1. The number of nitrogens with one attached hydrogen (secondary N) is 1. The number of carbonyl (C=O) groups excluding carboxylic acids is 1. The maximum Gasteiger partial charge on any atom is 0.415 e. The summed E-state index contributed by atoms with van der Waals surface area (Å²) in [4.78, 5) is 18.3. The number of pyridine rings is 1. The Bertz CT molecular complexity index is 979. The Kier molecular flexibility index (Phi) is 6.88. The van der Waals surface area contributed by atoms with E-state index in [4.69, 9.17) is 21.1 Å². The lowest BCUT2D eigenvalue weighted by atomic mass is 9.94. The summed E-state index contributed by atoms with van der Waals surface area (Å²) in [5.41, 5.74) is 0. The lowest BCUT2D eigenvalue weighted by Gasteiger charge is -2.33. The average Bonchev–Trinajstić information content (AvgIpc) is 3.30. The highest BCUT2D eigenvalue weighted by atomic mass is 35.5. The van der Waals surface area contributed by atoms with Gasteiger partial charge in [0.05, 0.1) is 5.02 Å². The molecular weight excluding hydrogens is 440 g/mol. The molecule has 1 fully saturated rings. The Morgan fingerprint density at radius 3 is 2.58 bits per heavy atom. The lowest BCUT2D eigenvalue weighted by molar-refractivity contribution is 0.131. The van der Waals surface area contributed by atoms with Gasteiger partial charge in [-0.3, -0.25) is 0 Å². The van der Waals surface area contributed by atoms with Crippen LogP contribution >= 0.6 is 23.4 Å². The second-order valence-corrected chi connectivity index (χ2v) is 8.88. The van der Waals surface area contributed by atoms with Crippen LogP contribution in [0.25, 0.3) is 0 Å². The Labute approximate surface area is 188 Å². The zero-order valence-electron chi connectivity index (χ0n) is 16.8. The summed E-state index contributed by atoms with van der Waals surface area (Å²) in [5.74, 6) is 1.96. The van der Waals surface area contributed by atoms with Crippen molar-refractivity contribution in [2.24, 2.45) is 5.92 Å². The Morgan fingerprint density at radius 2 is 1.94 bits per heavy atom. The first-order valence-corrected chi connectivity index (χ1v) is 11.1. The quantitative estimate of drug-likeness (QED) is 0.538.